The topological polar surface area (TPSA) is 0 Å². The molecule has 0 radical (unpaired) electrons. The fourth-order valence-electron chi connectivity index (χ4n) is 2.97. The smallest absolute Gasteiger partial charge is 0.0223 e. The lowest BCUT2D eigenvalue weighted by molar-refractivity contribution is 0.540. The van der Waals surface area contributed by atoms with Crippen LogP contribution in [0.5, 0.6) is 0 Å². The van der Waals surface area contributed by atoms with Crippen molar-refractivity contribution in [2.75, 3.05) is 5.88 Å². The van der Waals surface area contributed by atoms with Crippen molar-refractivity contribution in [2.45, 2.75) is 116 Å². The van der Waals surface area contributed by atoms with Gasteiger partial charge < -0.3 is 0 Å². The molecule has 0 atom stereocenters. The molecule has 24 heavy (non-hydrogen) atoms. The molecular weight excluding hydrogens is 312 g/mol. The molecule has 0 N–H and O–H groups in total. The summed E-state index contributed by atoms with van der Waals surface area (Å²) in [6, 6.07) is 0. The van der Waals surface area contributed by atoms with E-state index in [1.165, 1.54) is 109 Å². The Bertz CT molecular complexity index is 267. The molecular formula is C23H43Cl. The van der Waals surface area contributed by atoms with Crippen molar-refractivity contribution >= 4 is 11.6 Å². The van der Waals surface area contributed by atoms with Crippen molar-refractivity contribution in [2.24, 2.45) is 0 Å². The molecule has 0 saturated heterocycles. The van der Waals surface area contributed by atoms with E-state index in [9.17, 15) is 0 Å². The molecule has 0 saturated carbocycles. The SMILES string of the molecule is CCCC/C=C\C=C\CCCCCCCCCCCCCCCCl. The van der Waals surface area contributed by atoms with Gasteiger partial charge >= 0.3 is 0 Å². The molecule has 0 rings (SSSR count). The van der Waals surface area contributed by atoms with Crippen molar-refractivity contribution in [3.63, 3.8) is 0 Å². The van der Waals surface area contributed by atoms with Gasteiger partial charge in [-0.15, -0.1) is 11.6 Å². The predicted octanol–water partition coefficient (Wildman–Crippen LogP) is 8.99. The van der Waals surface area contributed by atoms with Crippen LogP contribution in [0.15, 0.2) is 24.3 Å². The molecule has 0 aliphatic carbocycles. The molecule has 0 fully saturated rings. The summed E-state index contributed by atoms with van der Waals surface area (Å²) < 4.78 is 0. The van der Waals surface area contributed by atoms with Gasteiger partial charge in [-0.25, -0.2) is 0 Å². The second-order valence-corrected chi connectivity index (χ2v) is 7.45. The minimum Gasteiger partial charge on any atom is -0.127 e. The Morgan fingerprint density at radius 1 is 0.500 bits per heavy atom. The van der Waals surface area contributed by atoms with Crippen LogP contribution in [0, 0.1) is 0 Å². The zero-order valence-corrected chi connectivity index (χ0v) is 17.2. The lowest BCUT2D eigenvalue weighted by Gasteiger charge is -2.02. The van der Waals surface area contributed by atoms with Gasteiger partial charge in [0.05, 0.1) is 0 Å². The molecule has 0 aliphatic rings. The molecule has 0 aliphatic heterocycles. The second kappa shape index (κ2) is 22.8. The largest absolute Gasteiger partial charge is 0.127 e. The quantitative estimate of drug-likeness (QED) is 0.123. The van der Waals surface area contributed by atoms with Gasteiger partial charge in [0.1, 0.15) is 0 Å². The first-order valence-corrected chi connectivity index (χ1v) is 11.3. The van der Waals surface area contributed by atoms with Crippen LogP contribution in [0.4, 0.5) is 0 Å². The van der Waals surface area contributed by atoms with Crippen LogP contribution in [-0.4, -0.2) is 5.88 Å². The van der Waals surface area contributed by atoms with Crippen LogP contribution in [-0.2, 0) is 0 Å². The van der Waals surface area contributed by atoms with Crippen molar-refractivity contribution in [3.05, 3.63) is 24.3 Å². The van der Waals surface area contributed by atoms with Crippen LogP contribution in [0.3, 0.4) is 0 Å². The third-order valence-electron chi connectivity index (χ3n) is 4.61. The van der Waals surface area contributed by atoms with Crippen molar-refractivity contribution < 1.29 is 0 Å². The minimum absolute atomic E-state index is 0.840. The van der Waals surface area contributed by atoms with E-state index in [1.54, 1.807) is 0 Å². The van der Waals surface area contributed by atoms with Gasteiger partial charge in [-0.1, -0.05) is 115 Å². The van der Waals surface area contributed by atoms with Gasteiger partial charge in [0.2, 0.25) is 0 Å². The standard InChI is InChI=1S/C23H43Cl/c1-2-3-4-5-6-7-8-9-10-11-12-13-14-15-16-17-18-19-20-21-22-23-24/h5-8H,2-4,9-23H2,1H3/b6-5-,8-7+. The van der Waals surface area contributed by atoms with E-state index in [0.29, 0.717) is 0 Å². The van der Waals surface area contributed by atoms with E-state index in [-0.39, 0.29) is 0 Å². The first-order chi connectivity index (χ1) is 11.9. The Morgan fingerprint density at radius 2 is 0.875 bits per heavy atom. The van der Waals surface area contributed by atoms with E-state index >= 15 is 0 Å². The maximum atomic E-state index is 5.68. The van der Waals surface area contributed by atoms with Crippen molar-refractivity contribution in [3.8, 4) is 0 Å². The van der Waals surface area contributed by atoms with Crippen LogP contribution in [0.1, 0.15) is 116 Å². The molecule has 0 unspecified atom stereocenters. The summed E-state index contributed by atoms with van der Waals surface area (Å²) in [5.41, 5.74) is 0. The Labute approximate surface area is 158 Å². The second-order valence-electron chi connectivity index (χ2n) is 7.07. The zero-order valence-electron chi connectivity index (χ0n) is 16.4. The zero-order chi connectivity index (χ0) is 17.6. The Kier molecular flexibility index (Phi) is 22.6. The normalized spacial score (nSPS) is 11.9. The Hall–Kier alpha value is -0.230. The molecule has 0 nitrogen and oxygen atoms in total. The number of allylic oxidation sites excluding steroid dienone is 4. The fraction of sp³-hybridized carbons (Fsp3) is 0.826. The van der Waals surface area contributed by atoms with Gasteiger partial charge in [0.15, 0.2) is 0 Å². The molecule has 0 aromatic carbocycles. The summed E-state index contributed by atoms with van der Waals surface area (Å²) in [5, 5.41) is 0. The van der Waals surface area contributed by atoms with Crippen molar-refractivity contribution in [1.29, 1.82) is 0 Å². The van der Waals surface area contributed by atoms with Crippen LogP contribution in [0.25, 0.3) is 0 Å². The molecule has 0 bridgehead atoms. The van der Waals surface area contributed by atoms with E-state index in [2.05, 4.69) is 31.2 Å². The summed E-state index contributed by atoms with van der Waals surface area (Å²) in [5.74, 6) is 0.840. The number of rotatable bonds is 19. The highest BCUT2D eigenvalue weighted by Crippen LogP contribution is 2.13. The monoisotopic (exact) mass is 354 g/mol. The summed E-state index contributed by atoms with van der Waals surface area (Å²) in [6.45, 7) is 2.25. The Morgan fingerprint density at radius 3 is 1.29 bits per heavy atom. The summed E-state index contributed by atoms with van der Waals surface area (Å²) in [4.78, 5) is 0. The van der Waals surface area contributed by atoms with E-state index in [1.807, 2.05) is 0 Å². The molecule has 0 spiro atoms. The first kappa shape index (κ1) is 23.8. The lowest BCUT2D eigenvalue weighted by atomic mass is 10.0. The van der Waals surface area contributed by atoms with Crippen LogP contribution < -0.4 is 0 Å². The van der Waals surface area contributed by atoms with E-state index < -0.39 is 0 Å². The number of hydrogen-bond acceptors (Lipinski definition) is 0. The number of halogens is 1. The summed E-state index contributed by atoms with van der Waals surface area (Å²) >= 11 is 5.68. The highest BCUT2D eigenvalue weighted by atomic mass is 35.5. The highest BCUT2D eigenvalue weighted by Gasteiger charge is 1.93. The average Bonchev–Trinajstić information content (AvgIpc) is 2.60. The maximum Gasteiger partial charge on any atom is 0.0223 e. The predicted molar refractivity (Wildman–Crippen MR) is 113 cm³/mol. The van der Waals surface area contributed by atoms with Gasteiger partial charge in [0.25, 0.3) is 0 Å². The molecule has 142 valence electrons. The molecule has 0 aromatic heterocycles. The van der Waals surface area contributed by atoms with E-state index in [0.717, 1.165) is 5.88 Å². The average molecular weight is 355 g/mol. The van der Waals surface area contributed by atoms with Gasteiger partial charge in [-0.05, 0) is 25.7 Å². The number of unbranched alkanes of at least 4 members (excludes halogenated alkanes) is 15. The van der Waals surface area contributed by atoms with E-state index in [4.69, 9.17) is 11.6 Å². The molecule has 0 amide bonds. The minimum atomic E-state index is 0.840. The van der Waals surface area contributed by atoms with Gasteiger partial charge in [-0.3, -0.25) is 0 Å². The molecule has 1 heteroatoms. The van der Waals surface area contributed by atoms with Gasteiger partial charge in [-0.2, -0.15) is 0 Å². The van der Waals surface area contributed by atoms with Crippen molar-refractivity contribution in [1.82, 2.24) is 0 Å². The number of alkyl halides is 1. The first-order valence-electron chi connectivity index (χ1n) is 10.8. The summed E-state index contributed by atoms with van der Waals surface area (Å²) in [7, 11) is 0. The molecule has 0 heterocycles. The maximum absolute atomic E-state index is 5.68. The third-order valence-corrected chi connectivity index (χ3v) is 4.88. The van der Waals surface area contributed by atoms with Crippen LogP contribution in [0.2, 0.25) is 0 Å². The van der Waals surface area contributed by atoms with Crippen LogP contribution >= 0.6 is 11.6 Å². The van der Waals surface area contributed by atoms with Gasteiger partial charge in [0, 0.05) is 5.88 Å². The molecule has 0 aromatic rings. The Balaban J connectivity index is 3.07. The fourth-order valence-corrected chi connectivity index (χ4v) is 3.16. The number of hydrogen-bond donors (Lipinski definition) is 0. The third kappa shape index (κ3) is 21.8. The summed E-state index contributed by atoms with van der Waals surface area (Å²) in [6.07, 6.45) is 32.3. The lowest BCUT2D eigenvalue weighted by Crippen LogP contribution is -1.83. The highest BCUT2D eigenvalue weighted by molar-refractivity contribution is 6.17.